The number of ether oxygens (including phenoxy) is 1. The lowest BCUT2D eigenvalue weighted by Gasteiger charge is -2.17. The fourth-order valence-corrected chi connectivity index (χ4v) is 3.38. The van der Waals surface area contributed by atoms with E-state index in [0.717, 1.165) is 17.7 Å². The molecule has 0 aliphatic carbocycles. The number of nitriles is 1. The minimum absolute atomic E-state index is 0.0429. The normalized spacial score (nSPS) is 15.6. The van der Waals surface area contributed by atoms with Crippen LogP contribution in [0.1, 0.15) is 24.5 Å². The summed E-state index contributed by atoms with van der Waals surface area (Å²) in [6.07, 6.45) is 0.946. The molecule has 1 N–H and O–H groups in total. The first-order valence-electron chi connectivity index (χ1n) is 9.46. The zero-order valence-electron chi connectivity index (χ0n) is 16.4. The van der Waals surface area contributed by atoms with Crippen molar-refractivity contribution in [3.05, 3.63) is 58.6 Å². The zero-order valence-corrected chi connectivity index (χ0v) is 17.1. The lowest BCUT2D eigenvalue weighted by molar-refractivity contribution is -0.151. The van der Waals surface area contributed by atoms with Gasteiger partial charge in [-0.3, -0.25) is 14.4 Å². The smallest absolute Gasteiger partial charge is 0.311 e. The highest BCUT2D eigenvalue weighted by Gasteiger charge is 2.36. The van der Waals surface area contributed by atoms with E-state index in [1.54, 1.807) is 4.90 Å². The van der Waals surface area contributed by atoms with E-state index >= 15 is 0 Å². The van der Waals surface area contributed by atoms with Crippen LogP contribution in [0.2, 0.25) is 5.02 Å². The molecule has 1 aliphatic rings. The predicted octanol–water partition coefficient (Wildman–Crippen LogP) is 3.31. The second-order valence-corrected chi connectivity index (χ2v) is 7.29. The molecule has 154 valence electrons. The second kappa shape index (κ2) is 9.42. The molecule has 0 unspecified atom stereocenters. The van der Waals surface area contributed by atoms with Crippen molar-refractivity contribution in [1.82, 2.24) is 0 Å². The van der Waals surface area contributed by atoms with E-state index < -0.39 is 24.4 Å². The fraction of sp³-hybridized carbons (Fsp3) is 0.273. The Hall–Kier alpha value is -3.37. The van der Waals surface area contributed by atoms with Crippen molar-refractivity contribution in [2.24, 2.45) is 5.92 Å². The average molecular weight is 426 g/mol. The van der Waals surface area contributed by atoms with Gasteiger partial charge in [-0.25, -0.2) is 0 Å². The Bertz CT molecular complexity index is 1010. The molecule has 8 heteroatoms. The summed E-state index contributed by atoms with van der Waals surface area (Å²) in [4.78, 5) is 38.2. The van der Waals surface area contributed by atoms with Gasteiger partial charge in [0.2, 0.25) is 5.91 Å². The molecule has 0 spiro atoms. The maximum Gasteiger partial charge on any atom is 0.311 e. The van der Waals surface area contributed by atoms with Crippen molar-refractivity contribution in [3.8, 4) is 6.07 Å². The van der Waals surface area contributed by atoms with Crippen LogP contribution in [0.15, 0.2) is 42.5 Å². The summed E-state index contributed by atoms with van der Waals surface area (Å²) < 4.78 is 5.09. The molecule has 0 bridgehead atoms. The van der Waals surface area contributed by atoms with Gasteiger partial charge in [0.05, 0.1) is 16.5 Å². The van der Waals surface area contributed by atoms with Gasteiger partial charge in [-0.1, -0.05) is 30.7 Å². The molecule has 1 saturated heterocycles. The van der Waals surface area contributed by atoms with Crippen molar-refractivity contribution in [1.29, 1.82) is 5.26 Å². The van der Waals surface area contributed by atoms with E-state index in [0.29, 0.717) is 11.3 Å². The van der Waals surface area contributed by atoms with Gasteiger partial charge in [-0.15, -0.1) is 0 Å². The molecule has 1 fully saturated rings. The highest BCUT2D eigenvalue weighted by Crippen LogP contribution is 2.26. The van der Waals surface area contributed by atoms with Gasteiger partial charge in [-0.05, 0) is 42.3 Å². The third kappa shape index (κ3) is 4.97. The van der Waals surface area contributed by atoms with Gasteiger partial charge >= 0.3 is 5.97 Å². The van der Waals surface area contributed by atoms with E-state index in [9.17, 15) is 14.4 Å². The van der Waals surface area contributed by atoms with Crippen molar-refractivity contribution >= 4 is 40.8 Å². The van der Waals surface area contributed by atoms with Crippen LogP contribution in [0.3, 0.4) is 0 Å². The van der Waals surface area contributed by atoms with E-state index in [1.165, 1.54) is 18.2 Å². The van der Waals surface area contributed by atoms with Crippen molar-refractivity contribution < 1.29 is 19.1 Å². The minimum atomic E-state index is -0.625. The molecule has 1 heterocycles. The molecule has 0 saturated carbocycles. The Balaban J connectivity index is 1.52. The van der Waals surface area contributed by atoms with Crippen LogP contribution in [0.25, 0.3) is 0 Å². The van der Waals surface area contributed by atoms with Crippen LogP contribution in [0, 0.1) is 17.2 Å². The molecule has 30 heavy (non-hydrogen) atoms. The molecule has 0 aromatic heterocycles. The zero-order chi connectivity index (χ0) is 21.7. The SMILES string of the molecule is CCc1ccc(N2C[C@@H](C(=O)OCC(=O)Nc3ccc(C#N)c(Cl)c3)CC2=O)cc1. The maximum atomic E-state index is 12.3. The summed E-state index contributed by atoms with van der Waals surface area (Å²) in [5.74, 6) is -1.91. The lowest BCUT2D eigenvalue weighted by Crippen LogP contribution is -2.28. The largest absolute Gasteiger partial charge is 0.455 e. The number of esters is 1. The average Bonchev–Trinajstić information content (AvgIpc) is 3.14. The molecule has 1 aliphatic heterocycles. The first-order chi connectivity index (χ1) is 14.4. The number of anilines is 2. The number of aryl methyl sites for hydroxylation is 1. The number of hydrogen-bond donors (Lipinski definition) is 1. The summed E-state index contributed by atoms with van der Waals surface area (Å²) in [5.41, 5.74) is 2.58. The Morgan fingerprint density at radius 1 is 1.27 bits per heavy atom. The molecule has 3 rings (SSSR count). The van der Waals surface area contributed by atoms with E-state index in [1.807, 2.05) is 37.3 Å². The lowest BCUT2D eigenvalue weighted by atomic mass is 10.1. The molecule has 0 radical (unpaired) electrons. The Kier molecular flexibility index (Phi) is 6.70. The van der Waals surface area contributed by atoms with Gasteiger partial charge in [0, 0.05) is 24.3 Å². The van der Waals surface area contributed by atoms with Crippen LogP contribution in [0.4, 0.5) is 11.4 Å². The molecule has 2 amide bonds. The van der Waals surface area contributed by atoms with E-state index in [2.05, 4.69) is 5.32 Å². The van der Waals surface area contributed by atoms with Crippen LogP contribution in [-0.4, -0.2) is 30.9 Å². The fourth-order valence-electron chi connectivity index (χ4n) is 3.16. The van der Waals surface area contributed by atoms with Crippen molar-refractivity contribution in [3.63, 3.8) is 0 Å². The van der Waals surface area contributed by atoms with Crippen LogP contribution < -0.4 is 10.2 Å². The van der Waals surface area contributed by atoms with Crippen LogP contribution >= 0.6 is 11.6 Å². The molecular formula is C22H20ClN3O4. The number of hydrogen-bond acceptors (Lipinski definition) is 5. The molecule has 7 nitrogen and oxygen atoms in total. The number of halogens is 1. The maximum absolute atomic E-state index is 12.3. The number of amides is 2. The highest BCUT2D eigenvalue weighted by atomic mass is 35.5. The van der Waals surface area contributed by atoms with Gasteiger partial charge in [0.1, 0.15) is 6.07 Å². The first kappa shape index (κ1) is 21.3. The van der Waals surface area contributed by atoms with Gasteiger partial charge in [0.25, 0.3) is 5.91 Å². The third-order valence-electron chi connectivity index (χ3n) is 4.83. The Morgan fingerprint density at radius 3 is 2.63 bits per heavy atom. The molecule has 2 aromatic carbocycles. The summed E-state index contributed by atoms with van der Waals surface area (Å²) in [6.45, 7) is 1.79. The van der Waals surface area contributed by atoms with Crippen molar-refractivity contribution in [2.45, 2.75) is 19.8 Å². The Morgan fingerprint density at radius 2 is 2.00 bits per heavy atom. The first-order valence-corrected chi connectivity index (χ1v) is 9.84. The summed E-state index contributed by atoms with van der Waals surface area (Å²) >= 11 is 5.93. The molecule has 1 atom stereocenters. The summed E-state index contributed by atoms with van der Waals surface area (Å²) in [6, 6.07) is 14.0. The number of nitrogens with one attached hydrogen (secondary N) is 1. The van der Waals surface area contributed by atoms with E-state index in [-0.39, 0.29) is 23.9 Å². The summed E-state index contributed by atoms with van der Waals surface area (Å²) in [7, 11) is 0. The van der Waals surface area contributed by atoms with Crippen LogP contribution in [-0.2, 0) is 25.5 Å². The second-order valence-electron chi connectivity index (χ2n) is 6.89. The minimum Gasteiger partial charge on any atom is -0.455 e. The molecule has 2 aromatic rings. The standard InChI is InChI=1S/C22H20ClN3O4/c1-2-14-3-7-18(8-4-14)26-12-16(9-21(26)28)22(29)30-13-20(27)25-17-6-5-15(11-24)19(23)10-17/h3-8,10,16H,2,9,12-13H2,1H3,(H,25,27)/t16-/m0/s1. The quantitative estimate of drug-likeness (QED) is 0.716. The number of benzene rings is 2. The summed E-state index contributed by atoms with van der Waals surface area (Å²) in [5, 5.41) is 11.6. The molecular weight excluding hydrogens is 406 g/mol. The van der Waals surface area contributed by atoms with Gasteiger partial charge in [-0.2, -0.15) is 5.26 Å². The number of carbonyl (C=O) groups is 3. The van der Waals surface area contributed by atoms with Crippen molar-refractivity contribution in [2.75, 3.05) is 23.4 Å². The third-order valence-corrected chi connectivity index (χ3v) is 5.15. The number of carbonyl (C=O) groups excluding carboxylic acids is 3. The Labute approximate surface area is 179 Å². The van der Waals surface area contributed by atoms with Gasteiger partial charge < -0.3 is 15.0 Å². The number of rotatable bonds is 6. The topological polar surface area (TPSA) is 99.5 Å². The van der Waals surface area contributed by atoms with Gasteiger partial charge in [0.15, 0.2) is 6.61 Å². The van der Waals surface area contributed by atoms with Crippen LogP contribution in [0.5, 0.6) is 0 Å². The van der Waals surface area contributed by atoms with E-state index in [4.69, 9.17) is 21.6 Å². The highest BCUT2D eigenvalue weighted by molar-refractivity contribution is 6.32. The monoisotopic (exact) mass is 425 g/mol. The predicted molar refractivity (Wildman–Crippen MR) is 112 cm³/mol. The number of nitrogens with zero attached hydrogens (tertiary/aromatic N) is 2.